The van der Waals surface area contributed by atoms with Crippen LogP contribution in [-0.2, 0) is 4.74 Å². The lowest BCUT2D eigenvalue weighted by Crippen LogP contribution is -2.37. The van der Waals surface area contributed by atoms with Gasteiger partial charge in [-0.25, -0.2) is 4.98 Å². The zero-order valence-electron chi connectivity index (χ0n) is 15.7. The molecule has 1 saturated heterocycles. The van der Waals surface area contributed by atoms with E-state index in [1.54, 1.807) is 32.5 Å². The molecule has 3 heterocycles. The molecule has 1 N–H and O–H groups in total. The van der Waals surface area contributed by atoms with E-state index in [4.69, 9.17) is 18.7 Å². The second kappa shape index (κ2) is 8.13. The van der Waals surface area contributed by atoms with Crippen LogP contribution >= 0.6 is 0 Å². The Labute approximate surface area is 162 Å². The molecule has 3 aromatic rings. The lowest BCUT2D eigenvalue weighted by Gasteiger charge is -2.26. The standard InChI is InChI=1S/C19H21N5O4/c1-25-15-4-3-13(11-16(15)26-2)14-12-18(28-23-14)21-17-5-6-20-19(22-17)24-7-9-27-10-8-24/h3-6,11-12H,7-10H2,1-2H3,(H,20,21,22). The molecule has 1 aliphatic heterocycles. The van der Waals surface area contributed by atoms with Crippen LogP contribution in [0.25, 0.3) is 11.3 Å². The minimum Gasteiger partial charge on any atom is -0.493 e. The topological polar surface area (TPSA) is 94.8 Å². The number of rotatable bonds is 6. The Bertz CT molecular complexity index is 940. The Morgan fingerprint density at radius 3 is 2.64 bits per heavy atom. The van der Waals surface area contributed by atoms with Gasteiger partial charge in [-0.3, -0.25) is 0 Å². The molecule has 146 valence electrons. The first-order valence-corrected chi connectivity index (χ1v) is 8.88. The highest BCUT2D eigenvalue weighted by Crippen LogP contribution is 2.33. The van der Waals surface area contributed by atoms with Crippen molar-refractivity contribution in [2.75, 3.05) is 50.7 Å². The second-order valence-electron chi connectivity index (χ2n) is 6.11. The average Bonchev–Trinajstić information content (AvgIpc) is 3.22. The molecule has 1 fully saturated rings. The second-order valence-corrected chi connectivity index (χ2v) is 6.11. The first-order chi connectivity index (χ1) is 13.8. The van der Waals surface area contributed by atoms with E-state index < -0.39 is 0 Å². The highest BCUT2D eigenvalue weighted by molar-refractivity contribution is 5.67. The van der Waals surface area contributed by atoms with E-state index in [1.807, 2.05) is 18.2 Å². The van der Waals surface area contributed by atoms with Gasteiger partial charge in [0.05, 0.1) is 27.4 Å². The summed E-state index contributed by atoms with van der Waals surface area (Å²) in [6.07, 6.45) is 1.71. The van der Waals surface area contributed by atoms with Crippen LogP contribution in [0.3, 0.4) is 0 Å². The van der Waals surface area contributed by atoms with Crippen LogP contribution in [0.4, 0.5) is 17.7 Å². The van der Waals surface area contributed by atoms with Gasteiger partial charge in [-0.15, -0.1) is 0 Å². The summed E-state index contributed by atoms with van der Waals surface area (Å²) in [7, 11) is 3.20. The molecular formula is C19H21N5O4. The summed E-state index contributed by atoms with van der Waals surface area (Å²) in [4.78, 5) is 11.0. The smallest absolute Gasteiger partial charge is 0.230 e. The molecule has 0 saturated carbocycles. The van der Waals surface area contributed by atoms with Crippen LogP contribution in [0.1, 0.15) is 0 Å². The third kappa shape index (κ3) is 3.84. The Morgan fingerprint density at radius 1 is 1.04 bits per heavy atom. The quantitative estimate of drug-likeness (QED) is 0.689. The van der Waals surface area contributed by atoms with Crippen LogP contribution in [-0.4, -0.2) is 55.6 Å². The van der Waals surface area contributed by atoms with Gasteiger partial charge in [0.2, 0.25) is 11.8 Å². The summed E-state index contributed by atoms with van der Waals surface area (Å²) < 4.78 is 21.4. The number of nitrogens with one attached hydrogen (secondary N) is 1. The predicted octanol–water partition coefficient (Wildman–Crippen LogP) is 2.73. The van der Waals surface area contributed by atoms with Crippen molar-refractivity contribution in [3.8, 4) is 22.8 Å². The van der Waals surface area contributed by atoms with Gasteiger partial charge < -0.3 is 29.0 Å². The fraction of sp³-hybridized carbons (Fsp3) is 0.316. The van der Waals surface area contributed by atoms with Gasteiger partial charge in [-0.05, 0) is 24.3 Å². The Balaban J connectivity index is 1.51. The molecular weight excluding hydrogens is 362 g/mol. The number of hydrogen-bond acceptors (Lipinski definition) is 9. The molecule has 0 aliphatic carbocycles. The SMILES string of the molecule is COc1ccc(-c2cc(Nc3ccnc(N4CCOCC4)n3)on2)cc1OC. The fourth-order valence-corrected chi connectivity index (χ4v) is 2.93. The summed E-state index contributed by atoms with van der Waals surface area (Å²) in [6.45, 7) is 2.90. The maximum absolute atomic E-state index is 5.41. The van der Waals surface area contributed by atoms with Crippen molar-refractivity contribution in [1.29, 1.82) is 0 Å². The van der Waals surface area contributed by atoms with Crippen molar-refractivity contribution in [3.63, 3.8) is 0 Å². The number of ether oxygens (including phenoxy) is 3. The molecule has 0 bridgehead atoms. The third-order valence-electron chi connectivity index (χ3n) is 4.38. The number of benzene rings is 1. The van der Waals surface area contributed by atoms with Gasteiger partial charge in [0.1, 0.15) is 11.5 Å². The summed E-state index contributed by atoms with van der Waals surface area (Å²) in [5.41, 5.74) is 1.53. The van der Waals surface area contributed by atoms with Gasteiger partial charge in [0.15, 0.2) is 11.5 Å². The van der Waals surface area contributed by atoms with Crippen LogP contribution in [0.5, 0.6) is 11.5 Å². The molecule has 4 rings (SSSR count). The van der Waals surface area contributed by atoms with Crippen LogP contribution in [0.15, 0.2) is 41.1 Å². The molecule has 9 heteroatoms. The summed E-state index contributed by atoms with van der Waals surface area (Å²) in [5.74, 6) is 3.06. The minimum atomic E-state index is 0.483. The van der Waals surface area contributed by atoms with E-state index >= 15 is 0 Å². The fourth-order valence-electron chi connectivity index (χ4n) is 2.93. The molecule has 0 radical (unpaired) electrons. The van der Waals surface area contributed by atoms with E-state index in [2.05, 4.69) is 25.3 Å². The van der Waals surface area contributed by atoms with E-state index in [0.29, 0.717) is 48.1 Å². The van der Waals surface area contributed by atoms with Crippen molar-refractivity contribution in [2.24, 2.45) is 0 Å². The first-order valence-electron chi connectivity index (χ1n) is 8.88. The molecule has 0 spiro atoms. The number of aromatic nitrogens is 3. The van der Waals surface area contributed by atoms with Crippen molar-refractivity contribution in [2.45, 2.75) is 0 Å². The summed E-state index contributed by atoms with van der Waals surface area (Å²) >= 11 is 0. The summed E-state index contributed by atoms with van der Waals surface area (Å²) in [5, 5.41) is 7.25. The third-order valence-corrected chi connectivity index (χ3v) is 4.38. The number of morpholine rings is 1. The van der Waals surface area contributed by atoms with Crippen molar-refractivity contribution in [1.82, 2.24) is 15.1 Å². The van der Waals surface area contributed by atoms with Gasteiger partial charge in [-0.1, -0.05) is 5.16 Å². The normalized spacial score (nSPS) is 14.0. The molecule has 0 amide bonds. The Kier molecular flexibility index (Phi) is 5.24. The highest BCUT2D eigenvalue weighted by Gasteiger charge is 2.15. The van der Waals surface area contributed by atoms with E-state index in [-0.39, 0.29) is 0 Å². The van der Waals surface area contributed by atoms with E-state index in [0.717, 1.165) is 18.7 Å². The lowest BCUT2D eigenvalue weighted by molar-refractivity contribution is 0.122. The number of hydrogen-bond donors (Lipinski definition) is 1. The highest BCUT2D eigenvalue weighted by atomic mass is 16.5. The van der Waals surface area contributed by atoms with Crippen LogP contribution in [0, 0.1) is 0 Å². The average molecular weight is 383 g/mol. The van der Waals surface area contributed by atoms with Gasteiger partial charge in [0.25, 0.3) is 0 Å². The zero-order chi connectivity index (χ0) is 19.3. The van der Waals surface area contributed by atoms with Gasteiger partial charge in [0, 0.05) is 30.9 Å². The molecule has 1 aliphatic rings. The van der Waals surface area contributed by atoms with Gasteiger partial charge in [-0.2, -0.15) is 4.98 Å². The van der Waals surface area contributed by atoms with Crippen molar-refractivity contribution in [3.05, 3.63) is 36.5 Å². The molecule has 28 heavy (non-hydrogen) atoms. The number of anilines is 3. The first kappa shape index (κ1) is 18.1. The van der Waals surface area contributed by atoms with Gasteiger partial charge >= 0.3 is 0 Å². The predicted molar refractivity (Wildman–Crippen MR) is 103 cm³/mol. The monoisotopic (exact) mass is 383 g/mol. The molecule has 0 atom stereocenters. The summed E-state index contributed by atoms with van der Waals surface area (Å²) in [6, 6.07) is 9.15. The van der Waals surface area contributed by atoms with E-state index in [1.165, 1.54) is 0 Å². The maximum Gasteiger partial charge on any atom is 0.230 e. The molecule has 2 aromatic heterocycles. The maximum atomic E-state index is 5.41. The lowest BCUT2D eigenvalue weighted by atomic mass is 10.1. The Hall–Kier alpha value is -3.33. The van der Waals surface area contributed by atoms with Crippen molar-refractivity contribution < 1.29 is 18.7 Å². The Morgan fingerprint density at radius 2 is 1.86 bits per heavy atom. The largest absolute Gasteiger partial charge is 0.493 e. The molecule has 9 nitrogen and oxygen atoms in total. The minimum absolute atomic E-state index is 0.483. The molecule has 1 aromatic carbocycles. The zero-order valence-corrected chi connectivity index (χ0v) is 15.7. The van der Waals surface area contributed by atoms with Crippen LogP contribution < -0.4 is 19.7 Å². The number of methoxy groups -OCH3 is 2. The van der Waals surface area contributed by atoms with Crippen LogP contribution in [0.2, 0.25) is 0 Å². The molecule has 0 unspecified atom stereocenters. The van der Waals surface area contributed by atoms with Crippen molar-refractivity contribution >= 4 is 17.7 Å². The number of nitrogens with zero attached hydrogens (tertiary/aromatic N) is 4. The van der Waals surface area contributed by atoms with E-state index in [9.17, 15) is 0 Å².